The van der Waals surface area contributed by atoms with Crippen LogP contribution in [-0.4, -0.2) is 30.4 Å². The van der Waals surface area contributed by atoms with E-state index in [0.29, 0.717) is 60.2 Å². The van der Waals surface area contributed by atoms with Crippen LogP contribution in [0.4, 0.5) is 0 Å². The van der Waals surface area contributed by atoms with E-state index in [4.69, 9.17) is 37.4 Å². The molecule has 1 atom stereocenters. The van der Waals surface area contributed by atoms with Gasteiger partial charge in [-0.1, -0.05) is 60.5 Å². The van der Waals surface area contributed by atoms with Crippen LogP contribution in [0.1, 0.15) is 58.2 Å². The van der Waals surface area contributed by atoms with Gasteiger partial charge in [-0.15, -0.1) is 0 Å². The number of fused-ring (bicyclic) bond motifs is 1. The van der Waals surface area contributed by atoms with E-state index in [-0.39, 0.29) is 17.2 Å². The number of hydrogen-bond acceptors (Lipinski definition) is 7. The van der Waals surface area contributed by atoms with Crippen molar-refractivity contribution in [1.29, 1.82) is 0 Å². The molecule has 10 heteroatoms. The molecule has 3 aromatic rings. The van der Waals surface area contributed by atoms with Crippen LogP contribution < -0.4 is 24.4 Å². The van der Waals surface area contributed by atoms with Crippen molar-refractivity contribution in [1.82, 2.24) is 4.57 Å². The van der Waals surface area contributed by atoms with Gasteiger partial charge in [-0.25, -0.2) is 9.79 Å². The Morgan fingerprint density at radius 3 is 2.52 bits per heavy atom. The van der Waals surface area contributed by atoms with E-state index >= 15 is 0 Å². The minimum Gasteiger partial charge on any atom is -0.493 e. The summed E-state index contributed by atoms with van der Waals surface area (Å²) in [6.07, 6.45) is 2.25. The molecule has 0 aliphatic carbocycles. The van der Waals surface area contributed by atoms with Gasteiger partial charge >= 0.3 is 5.97 Å². The molecule has 2 aromatic carbocycles. The molecule has 0 radical (unpaired) electrons. The van der Waals surface area contributed by atoms with Crippen molar-refractivity contribution < 1.29 is 19.0 Å². The van der Waals surface area contributed by atoms with Crippen molar-refractivity contribution in [2.45, 2.75) is 53.2 Å². The lowest BCUT2D eigenvalue weighted by Gasteiger charge is -2.26. The number of methoxy groups -OCH3 is 1. The maximum atomic E-state index is 13.9. The lowest BCUT2D eigenvalue weighted by molar-refractivity contribution is -0.143. The van der Waals surface area contributed by atoms with Crippen LogP contribution in [-0.2, 0) is 9.53 Å². The van der Waals surface area contributed by atoms with E-state index in [0.717, 1.165) is 6.42 Å². The topological polar surface area (TPSA) is 79.1 Å². The molecule has 0 saturated carbocycles. The Labute approximate surface area is 247 Å². The minimum atomic E-state index is -0.788. The zero-order valence-corrected chi connectivity index (χ0v) is 25.6. The monoisotopic (exact) mass is 602 g/mol. The highest BCUT2D eigenvalue weighted by atomic mass is 35.5. The number of carbonyl (C=O) groups excluding carboxylic acids is 1. The first-order valence-corrected chi connectivity index (χ1v) is 14.6. The summed E-state index contributed by atoms with van der Waals surface area (Å²) >= 11 is 13.7. The third kappa shape index (κ3) is 6.45. The number of halogens is 2. The molecule has 2 heterocycles. The second-order valence-corrected chi connectivity index (χ2v) is 12.0. The van der Waals surface area contributed by atoms with Gasteiger partial charge in [-0.3, -0.25) is 9.36 Å². The fraction of sp³-hybridized carbons (Fsp3) is 0.367. The van der Waals surface area contributed by atoms with Gasteiger partial charge in [0.2, 0.25) is 0 Å². The molecule has 212 valence electrons. The highest BCUT2D eigenvalue weighted by Crippen LogP contribution is 2.36. The van der Waals surface area contributed by atoms with Crippen LogP contribution in [0, 0.1) is 5.92 Å². The Bertz CT molecular complexity index is 1640. The van der Waals surface area contributed by atoms with Crippen molar-refractivity contribution in [3.63, 3.8) is 0 Å². The second-order valence-electron chi connectivity index (χ2n) is 10.1. The van der Waals surface area contributed by atoms with Crippen molar-refractivity contribution >= 4 is 46.6 Å². The maximum Gasteiger partial charge on any atom is 0.338 e. The number of benzene rings is 2. The number of nitrogens with zero attached hydrogens (tertiary/aromatic N) is 2. The number of rotatable bonds is 9. The maximum absolute atomic E-state index is 13.9. The SMILES string of the molecule is COc1cc(C2C(C(=O)OC(C)C)=C(C)N=c3s/c(=C\c4ccc(Cl)cc4Cl)c(=O)n32)ccc1OCCC(C)C. The largest absolute Gasteiger partial charge is 0.493 e. The van der Waals surface area contributed by atoms with Gasteiger partial charge in [-0.2, -0.15) is 0 Å². The zero-order chi connectivity index (χ0) is 29.1. The Morgan fingerprint density at radius 1 is 1.12 bits per heavy atom. The molecule has 0 spiro atoms. The number of aromatic nitrogens is 1. The average molecular weight is 604 g/mol. The molecule has 1 aliphatic heterocycles. The summed E-state index contributed by atoms with van der Waals surface area (Å²) < 4.78 is 19.2. The van der Waals surface area contributed by atoms with Crippen molar-refractivity contribution in [2.75, 3.05) is 13.7 Å². The summed E-state index contributed by atoms with van der Waals surface area (Å²) in [7, 11) is 1.56. The Hall–Kier alpha value is -3.07. The predicted molar refractivity (Wildman–Crippen MR) is 159 cm³/mol. The van der Waals surface area contributed by atoms with Gasteiger partial charge in [0.25, 0.3) is 5.56 Å². The van der Waals surface area contributed by atoms with Gasteiger partial charge in [0, 0.05) is 10.0 Å². The average Bonchev–Trinajstić information content (AvgIpc) is 3.18. The van der Waals surface area contributed by atoms with E-state index in [2.05, 4.69) is 18.8 Å². The molecule has 1 unspecified atom stereocenters. The molecule has 1 aromatic heterocycles. The molecule has 0 saturated heterocycles. The number of hydrogen-bond donors (Lipinski definition) is 0. The fourth-order valence-electron chi connectivity index (χ4n) is 4.31. The number of ether oxygens (including phenoxy) is 3. The van der Waals surface area contributed by atoms with E-state index < -0.39 is 12.0 Å². The van der Waals surface area contributed by atoms with Crippen LogP contribution >= 0.6 is 34.5 Å². The summed E-state index contributed by atoms with van der Waals surface area (Å²) in [5, 5.41) is 0.920. The zero-order valence-electron chi connectivity index (χ0n) is 23.3. The van der Waals surface area contributed by atoms with Crippen LogP contribution in [0.3, 0.4) is 0 Å². The molecule has 40 heavy (non-hydrogen) atoms. The Balaban J connectivity index is 1.89. The van der Waals surface area contributed by atoms with Gasteiger partial charge in [-0.05, 0) is 74.6 Å². The predicted octanol–water partition coefficient (Wildman–Crippen LogP) is 5.93. The summed E-state index contributed by atoms with van der Waals surface area (Å²) in [4.78, 5) is 32.4. The number of allylic oxidation sites excluding steroid dienone is 1. The van der Waals surface area contributed by atoms with Crippen molar-refractivity contribution in [2.24, 2.45) is 10.9 Å². The summed E-state index contributed by atoms with van der Waals surface area (Å²) in [5.74, 6) is 1.05. The first kappa shape index (κ1) is 29.9. The first-order chi connectivity index (χ1) is 19.0. The van der Waals surface area contributed by atoms with Gasteiger partial charge in [0.1, 0.15) is 0 Å². The number of carbonyl (C=O) groups is 1. The lowest BCUT2D eigenvalue weighted by atomic mass is 9.95. The molecule has 0 N–H and O–H groups in total. The van der Waals surface area contributed by atoms with Crippen LogP contribution in [0.15, 0.2) is 57.5 Å². The molecule has 0 amide bonds. The lowest BCUT2D eigenvalue weighted by Crippen LogP contribution is -2.40. The fourth-order valence-corrected chi connectivity index (χ4v) is 5.81. The normalized spacial score (nSPS) is 15.3. The Morgan fingerprint density at radius 2 is 1.88 bits per heavy atom. The third-order valence-electron chi connectivity index (χ3n) is 6.29. The molecule has 0 fully saturated rings. The van der Waals surface area contributed by atoms with E-state index in [9.17, 15) is 9.59 Å². The molecular weight excluding hydrogens is 571 g/mol. The van der Waals surface area contributed by atoms with Crippen LogP contribution in [0.5, 0.6) is 11.5 Å². The molecule has 0 bridgehead atoms. The van der Waals surface area contributed by atoms with Crippen LogP contribution in [0.25, 0.3) is 6.08 Å². The third-order valence-corrected chi connectivity index (χ3v) is 7.83. The summed E-state index contributed by atoms with van der Waals surface area (Å²) in [6, 6.07) is 9.73. The highest BCUT2D eigenvalue weighted by Gasteiger charge is 2.34. The van der Waals surface area contributed by atoms with Gasteiger partial charge in [0.05, 0.1) is 41.7 Å². The molecule has 1 aliphatic rings. The van der Waals surface area contributed by atoms with Crippen molar-refractivity contribution in [3.05, 3.63) is 88.5 Å². The molecule has 7 nitrogen and oxygen atoms in total. The summed E-state index contributed by atoms with van der Waals surface area (Å²) in [6.45, 7) is 10.1. The minimum absolute atomic E-state index is 0.285. The number of thiazole rings is 1. The van der Waals surface area contributed by atoms with Gasteiger partial charge in [0.15, 0.2) is 16.3 Å². The standard InChI is InChI=1S/C30H32Cl2N2O5S/c1-16(2)11-12-38-23-10-8-20(13-24(23)37-6)27-26(29(36)39-17(3)4)18(5)33-30-34(27)28(35)25(40-30)14-19-7-9-21(31)15-22(19)32/h7-10,13-17,27H,11-12H2,1-6H3/b25-14-. The first-order valence-electron chi connectivity index (χ1n) is 13.0. The molecular formula is C30H32Cl2N2O5S. The summed E-state index contributed by atoms with van der Waals surface area (Å²) in [5.41, 5.74) is 1.76. The number of esters is 1. The van der Waals surface area contributed by atoms with E-state index in [1.165, 1.54) is 15.9 Å². The van der Waals surface area contributed by atoms with Crippen LogP contribution in [0.2, 0.25) is 10.0 Å². The van der Waals surface area contributed by atoms with E-state index in [1.807, 2.05) is 6.07 Å². The highest BCUT2D eigenvalue weighted by molar-refractivity contribution is 7.07. The van der Waals surface area contributed by atoms with Crippen molar-refractivity contribution in [3.8, 4) is 11.5 Å². The van der Waals surface area contributed by atoms with Gasteiger partial charge < -0.3 is 14.2 Å². The Kier molecular flexibility index (Phi) is 9.44. The smallest absolute Gasteiger partial charge is 0.338 e. The molecule has 4 rings (SSSR count). The second kappa shape index (κ2) is 12.6. The van der Waals surface area contributed by atoms with E-state index in [1.54, 1.807) is 64.3 Å². The quantitative estimate of drug-likeness (QED) is 0.284.